The second-order valence-electron chi connectivity index (χ2n) is 5.71. The number of benzene rings is 1. The minimum absolute atomic E-state index is 0.00224. The number of rotatable bonds is 7. The lowest BCUT2D eigenvalue weighted by Gasteiger charge is -2.26. The van der Waals surface area contributed by atoms with Crippen molar-refractivity contribution >= 4 is 27.6 Å². The molecule has 1 aliphatic rings. The number of hydrogen-bond acceptors (Lipinski definition) is 4. The minimum atomic E-state index is -3.19. The molecule has 1 atom stereocenters. The van der Waals surface area contributed by atoms with Crippen molar-refractivity contribution in [3.8, 4) is 0 Å². The van der Waals surface area contributed by atoms with E-state index in [1.54, 1.807) is 14.0 Å². The Kier molecular flexibility index (Phi) is 6.77. The van der Waals surface area contributed by atoms with Gasteiger partial charge in [0.15, 0.2) is 5.96 Å². The molecule has 0 radical (unpaired) electrons. The van der Waals surface area contributed by atoms with Gasteiger partial charge in [0, 0.05) is 44.7 Å². The highest BCUT2D eigenvalue weighted by molar-refractivity contribution is 7.89. The molecule has 0 aliphatic carbocycles. The molecule has 1 unspecified atom stereocenters. The molecule has 0 aromatic heterocycles. The zero-order valence-electron chi connectivity index (χ0n) is 14.5. The molecule has 138 valence electrons. The largest absolute Gasteiger partial charge is 0.356 e. The van der Waals surface area contributed by atoms with Crippen LogP contribution in [-0.2, 0) is 14.8 Å². The number of anilines is 1. The Bertz CT molecular complexity index is 733. The Labute approximate surface area is 148 Å². The van der Waals surface area contributed by atoms with E-state index in [0.29, 0.717) is 25.5 Å². The van der Waals surface area contributed by atoms with E-state index < -0.39 is 10.0 Å². The topological polar surface area (TPSA) is 112 Å². The van der Waals surface area contributed by atoms with Gasteiger partial charge < -0.3 is 16.0 Å². The zero-order valence-corrected chi connectivity index (χ0v) is 15.3. The molecule has 0 bridgehead atoms. The fourth-order valence-corrected chi connectivity index (χ4v) is 3.23. The van der Waals surface area contributed by atoms with Crippen molar-refractivity contribution in [1.29, 1.82) is 0 Å². The predicted octanol–water partition coefficient (Wildman–Crippen LogP) is 0.217. The average molecular weight is 367 g/mol. The summed E-state index contributed by atoms with van der Waals surface area (Å²) in [6.45, 7) is 2.85. The first-order valence-corrected chi connectivity index (χ1v) is 9.91. The van der Waals surface area contributed by atoms with E-state index in [1.165, 1.54) is 0 Å². The molecule has 1 aromatic carbocycles. The number of aliphatic imine (C=N–C) groups is 1. The molecule has 0 saturated carbocycles. The lowest BCUT2D eigenvalue weighted by molar-refractivity contribution is -0.116. The number of guanidine groups is 1. The van der Waals surface area contributed by atoms with Gasteiger partial charge in [-0.25, -0.2) is 13.1 Å². The highest BCUT2D eigenvalue weighted by atomic mass is 32.2. The number of carbonyl (C=O) groups is 1. The summed E-state index contributed by atoms with van der Waals surface area (Å²) >= 11 is 0. The van der Waals surface area contributed by atoms with Gasteiger partial charge in [-0.2, -0.15) is 0 Å². The quantitative estimate of drug-likeness (QED) is 0.313. The molecular weight excluding hydrogens is 342 g/mol. The Morgan fingerprint density at radius 1 is 1.28 bits per heavy atom. The number of hydrogen-bond donors (Lipinski definition) is 4. The first-order valence-electron chi connectivity index (χ1n) is 8.25. The van der Waals surface area contributed by atoms with Gasteiger partial charge in [0.25, 0.3) is 0 Å². The first kappa shape index (κ1) is 19.2. The van der Waals surface area contributed by atoms with E-state index in [1.807, 2.05) is 24.3 Å². The van der Waals surface area contributed by atoms with Crippen LogP contribution in [-0.4, -0.2) is 52.7 Å². The molecular formula is C16H25N5O3S. The molecule has 9 heteroatoms. The monoisotopic (exact) mass is 367 g/mol. The second-order valence-corrected chi connectivity index (χ2v) is 7.81. The summed E-state index contributed by atoms with van der Waals surface area (Å²) < 4.78 is 25.2. The van der Waals surface area contributed by atoms with Crippen molar-refractivity contribution in [2.75, 3.05) is 37.8 Å². The first-order chi connectivity index (χ1) is 11.9. The normalized spacial score (nSPS) is 17.6. The Morgan fingerprint density at radius 2 is 2.04 bits per heavy atom. The molecule has 2 rings (SSSR count). The molecule has 1 aromatic rings. The molecule has 1 aliphatic heterocycles. The predicted molar refractivity (Wildman–Crippen MR) is 99.3 cm³/mol. The average Bonchev–Trinajstić information content (AvgIpc) is 2.60. The van der Waals surface area contributed by atoms with Crippen LogP contribution in [0, 0.1) is 0 Å². The van der Waals surface area contributed by atoms with Gasteiger partial charge in [0.1, 0.15) is 0 Å². The van der Waals surface area contributed by atoms with Crippen molar-refractivity contribution in [3.05, 3.63) is 29.8 Å². The molecule has 8 nitrogen and oxygen atoms in total. The van der Waals surface area contributed by atoms with Crippen LogP contribution in [0.25, 0.3) is 0 Å². The smallest absolute Gasteiger partial charge is 0.225 e. The van der Waals surface area contributed by atoms with Crippen LogP contribution in [0.1, 0.15) is 24.8 Å². The summed E-state index contributed by atoms with van der Waals surface area (Å²) in [6, 6.07) is 7.76. The van der Waals surface area contributed by atoms with E-state index in [0.717, 1.165) is 11.3 Å². The molecule has 25 heavy (non-hydrogen) atoms. The van der Waals surface area contributed by atoms with E-state index in [-0.39, 0.29) is 24.1 Å². The lowest BCUT2D eigenvalue weighted by atomic mass is 9.90. The van der Waals surface area contributed by atoms with Gasteiger partial charge in [-0.15, -0.1) is 0 Å². The van der Waals surface area contributed by atoms with E-state index in [4.69, 9.17) is 0 Å². The van der Waals surface area contributed by atoms with Gasteiger partial charge in [0.2, 0.25) is 15.9 Å². The van der Waals surface area contributed by atoms with E-state index in [2.05, 4.69) is 25.7 Å². The highest BCUT2D eigenvalue weighted by Gasteiger charge is 2.24. The summed E-state index contributed by atoms with van der Waals surface area (Å²) in [5.41, 5.74) is 1.95. The lowest BCUT2D eigenvalue weighted by Crippen LogP contribution is -2.43. The molecule has 1 amide bonds. The van der Waals surface area contributed by atoms with Crippen LogP contribution >= 0.6 is 0 Å². The van der Waals surface area contributed by atoms with Gasteiger partial charge in [0.05, 0.1) is 5.75 Å². The number of sulfonamides is 1. The molecule has 4 N–H and O–H groups in total. The van der Waals surface area contributed by atoms with Crippen molar-refractivity contribution in [1.82, 2.24) is 15.4 Å². The number of amides is 1. The zero-order chi connectivity index (χ0) is 18.3. The SMILES string of the molecule is CCS(=O)(=O)NCCNC(=NC)NCC1CC(=O)Nc2ccccc21. The van der Waals surface area contributed by atoms with Gasteiger partial charge in [-0.05, 0) is 18.6 Å². The van der Waals surface area contributed by atoms with Crippen molar-refractivity contribution in [2.24, 2.45) is 4.99 Å². The maximum atomic E-state index is 11.8. The number of para-hydroxylation sites is 1. The third-order valence-electron chi connectivity index (χ3n) is 3.97. The number of carbonyl (C=O) groups excluding carboxylic acids is 1. The van der Waals surface area contributed by atoms with Gasteiger partial charge in [-0.3, -0.25) is 9.79 Å². The fourth-order valence-electron chi connectivity index (χ4n) is 2.61. The summed E-state index contributed by atoms with van der Waals surface area (Å²) in [5, 5.41) is 9.12. The third kappa shape index (κ3) is 5.71. The van der Waals surface area contributed by atoms with Gasteiger partial charge >= 0.3 is 0 Å². The summed E-state index contributed by atoms with van der Waals surface area (Å²) in [5.74, 6) is 0.687. The number of fused-ring (bicyclic) bond motifs is 1. The van der Waals surface area contributed by atoms with Crippen molar-refractivity contribution in [3.63, 3.8) is 0 Å². The molecule has 0 saturated heterocycles. The summed E-state index contributed by atoms with van der Waals surface area (Å²) in [7, 11) is -1.54. The minimum Gasteiger partial charge on any atom is -0.356 e. The van der Waals surface area contributed by atoms with Crippen molar-refractivity contribution in [2.45, 2.75) is 19.3 Å². The standard InChI is InChI=1S/C16H25N5O3S/c1-3-25(23,24)20-9-8-18-16(17-2)19-11-12-10-15(22)21-14-7-5-4-6-13(12)14/h4-7,12,20H,3,8-11H2,1-2H3,(H,21,22)(H2,17,18,19). The van der Waals surface area contributed by atoms with Crippen molar-refractivity contribution < 1.29 is 13.2 Å². The Hall–Kier alpha value is -2.13. The summed E-state index contributed by atoms with van der Waals surface area (Å²) in [6.07, 6.45) is 0.414. The Morgan fingerprint density at radius 3 is 2.76 bits per heavy atom. The molecule has 1 heterocycles. The van der Waals surface area contributed by atoms with E-state index in [9.17, 15) is 13.2 Å². The maximum absolute atomic E-state index is 11.8. The van der Waals surface area contributed by atoms with Crippen LogP contribution in [0.4, 0.5) is 5.69 Å². The highest BCUT2D eigenvalue weighted by Crippen LogP contribution is 2.31. The third-order valence-corrected chi connectivity index (χ3v) is 5.37. The van der Waals surface area contributed by atoms with Crippen LogP contribution in [0.15, 0.2) is 29.3 Å². The maximum Gasteiger partial charge on any atom is 0.225 e. The van der Waals surface area contributed by atoms with E-state index >= 15 is 0 Å². The number of nitrogens with one attached hydrogen (secondary N) is 4. The summed E-state index contributed by atoms with van der Waals surface area (Å²) in [4.78, 5) is 16.0. The Balaban J connectivity index is 1.84. The molecule has 0 fully saturated rings. The number of nitrogens with zero attached hydrogens (tertiary/aromatic N) is 1. The van der Waals surface area contributed by atoms with Crippen LogP contribution in [0.3, 0.4) is 0 Å². The van der Waals surface area contributed by atoms with Gasteiger partial charge in [-0.1, -0.05) is 18.2 Å². The fraction of sp³-hybridized carbons (Fsp3) is 0.500. The van der Waals surface area contributed by atoms with Crippen LogP contribution in [0.2, 0.25) is 0 Å². The molecule has 0 spiro atoms. The van der Waals surface area contributed by atoms with Crippen LogP contribution < -0.4 is 20.7 Å². The second kappa shape index (κ2) is 8.82. The van der Waals surface area contributed by atoms with Crippen LogP contribution in [0.5, 0.6) is 0 Å².